The van der Waals surface area contributed by atoms with E-state index in [1.54, 1.807) is 12.4 Å². The fourth-order valence-corrected chi connectivity index (χ4v) is 2.44. The first-order chi connectivity index (χ1) is 10.2. The Balaban J connectivity index is 2.10. The molecule has 0 radical (unpaired) electrons. The monoisotopic (exact) mass is 276 g/mol. The van der Waals surface area contributed by atoms with Crippen LogP contribution in [0.2, 0.25) is 0 Å². The Kier molecular flexibility index (Phi) is 3.41. The van der Waals surface area contributed by atoms with Crippen molar-refractivity contribution in [2.24, 2.45) is 5.92 Å². The molecule has 0 spiro atoms. The van der Waals surface area contributed by atoms with Gasteiger partial charge in [0, 0.05) is 6.20 Å². The second kappa shape index (κ2) is 5.37. The van der Waals surface area contributed by atoms with Gasteiger partial charge in [-0.3, -0.25) is 4.57 Å². The molecule has 104 valence electrons. The summed E-state index contributed by atoms with van der Waals surface area (Å²) in [6, 6.07) is 9.65. The largest absolute Gasteiger partial charge is 0.284 e. The van der Waals surface area contributed by atoms with Gasteiger partial charge in [-0.1, -0.05) is 19.9 Å². The Labute approximate surface area is 123 Å². The third-order valence-corrected chi connectivity index (χ3v) is 3.36. The SMILES string of the molecule is [C-]#[N+]c1ccc2ncn(-c3cc(CC(C)C)ccn3)c2c1. The summed E-state index contributed by atoms with van der Waals surface area (Å²) < 4.78 is 1.94. The van der Waals surface area contributed by atoms with E-state index in [0.717, 1.165) is 23.3 Å². The van der Waals surface area contributed by atoms with Gasteiger partial charge in [-0.2, -0.15) is 0 Å². The van der Waals surface area contributed by atoms with Gasteiger partial charge in [-0.25, -0.2) is 14.8 Å². The average Bonchev–Trinajstić information content (AvgIpc) is 2.89. The summed E-state index contributed by atoms with van der Waals surface area (Å²) in [5.41, 5.74) is 3.66. The van der Waals surface area contributed by atoms with Crippen molar-refractivity contribution in [1.29, 1.82) is 0 Å². The molecule has 0 aliphatic rings. The summed E-state index contributed by atoms with van der Waals surface area (Å²) in [6.07, 6.45) is 4.62. The van der Waals surface area contributed by atoms with E-state index >= 15 is 0 Å². The zero-order chi connectivity index (χ0) is 14.8. The predicted octanol–water partition coefficient (Wildman–Crippen LogP) is 4.17. The van der Waals surface area contributed by atoms with Crippen LogP contribution in [0.1, 0.15) is 19.4 Å². The minimum absolute atomic E-state index is 0.605. The van der Waals surface area contributed by atoms with Gasteiger partial charge in [0.25, 0.3) is 0 Å². The van der Waals surface area contributed by atoms with Crippen LogP contribution in [0.15, 0.2) is 42.9 Å². The number of pyridine rings is 1. The molecule has 0 saturated carbocycles. The topological polar surface area (TPSA) is 35.1 Å². The number of benzene rings is 1. The number of rotatable bonds is 3. The van der Waals surface area contributed by atoms with Crippen LogP contribution in [-0.4, -0.2) is 14.5 Å². The Morgan fingerprint density at radius 3 is 2.81 bits per heavy atom. The maximum atomic E-state index is 7.14. The molecule has 21 heavy (non-hydrogen) atoms. The Bertz CT molecular complexity index is 824. The third-order valence-electron chi connectivity index (χ3n) is 3.36. The van der Waals surface area contributed by atoms with Crippen LogP contribution < -0.4 is 0 Å². The van der Waals surface area contributed by atoms with Crippen LogP contribution >= 0.6 is 0 Å². The van der Waals surface area contributed by atoms with Crippen molar-refractivity contribution in [2.45, 2.75) is 20.3 Å². The fourth-order valence-electron chi connectivity index (χ4n) is 2.44. The van der Waals surface area contributed by atoms with Crippen LogP contribution in [0.5, 0.6) is 0 Å². The van der Waals surface area contributed by atoms with E-state index in [4.69, 9.17) is 6.57 Å². The molecule has 0 unspecified atom stereocenters. The first-order valence-electron chi connectivity index (χ1n) is 6.97. The lowest BCUT2D eigenvalue weighted by molar-refractivity contribution is 0.646. The summed E-state index contributed by atoms with van der Waals surface area (Å²) in [7, 11) is 0. The van der Waals surface area contributed by atoms with Crippen molar-refractivity contribution >= 4 is 16.7 Å². The minimum Gasteiger partial charge on any atom is -0.284 e. The number of nitrogens with zero attached hydrogens (tertiary/aromatic N) is 4. The number of fused-ring (bicyclic) bond motifs is 1. The van der Waals surface area contributed by atoms with Crippen molar-refractivity contribution in [3.63, 3.8) is 0 Å². The van der Waals surface area contributed by atoms with E-state index in [1.165, 1.54) is 5.56 Å². The normalized spacial score (nSPS) is 11.0. The molecule has 0 aliphatic heterocycles. The van der Waals surface area contributed by atoms with Crippen LogP contribution in [0.4, 0.5) is 5.69 Å². The fraction of sp³-hybridized carbons (Fsp3) is 0.235. The van der Waals surface area contributed by atoms with Crippen LogP contribution in [0, 0.1) is 12.5 Å². The molecule has 1 aromatic carbocycles. The van der Waals surface area contributed by atoms with Crippen molar-refractivity contribution in [3.05, 3.63) is 59.8 Å². The van der Waals surface area contributed by atoms with E-state index < -0.39 is 0 Å². The molecule has 0 bridgehead atoms. The zero-order valence-corrected chi connectivity index (χ0v) is 12.1. The molecule has 4 nitrogen and oxygen atoms in total. The Hall–Kier alpha value is -2.67. The maximum absolute atomic E-state index is 7.14. The molecule has 0 amide bonds. The lowest BCUT2D eigenvalue weighted by Gasteiger charge is -2.08. The zero-order valence-electron chi connectivity index (χ0n) is 12.1. The molecule has 0 atom stereocenters. The van der Waals surface area contributed by atoms with Gasteiger partial charge in [0.15, 0.2) is 5.69 Å². The third kappa shape index (κ3) is 2.63. The molecule has 0 aliphatic carbocycles. The Morgan fingerprint density at radius 2 is 2.05 bits per heavy atom. The van der Waals surface area contributed by atoms with Crippen LogP contribution in [-0.2, 0) is 6.42 Å². The molecular formula is C17H16N4. The van der Waals surface area contributed by atoms with Crippen LogP contribution in [0.3, 0.4) is 0 Å². The Morgan fingerprint density at radius 1 is 1.19 bits per heavy atom. The first kappa shape index (κ1) is 13.3. The number of imidazole rings is 1. The van der Waals surface area contributed by atoms with Gasteiger partial charge in [-0.05, 0) is 42.2 Å². The van der Waals surface area contributed by atoms with E-state index in [1.807, 2.05) is 29.0 Å². The van der Waals surface area contributed by atoms with Gasteiger partial charge in [0.2, 0.25) is 0 Å². The van der Waals surface area contributed by atoms with E-state index in [-0.39, 0.29) is 0 Å². The second-order valence-electron chi connectivity index (χ2n) is 5.52. The highest BCUT2D eigenvalue weighted by molar-refractivity contribution is 5.81. The van der Waals surface area contributed by atoms with Gasteiger partial charge in [0.05, 0.1) is 17.6 Å². The number of hydrogen-bond acceptors (Lipinski definition) is 2. The van der Waals surface area contributed by atoms with Gasteiger partial charge >= 0.3 is 0 Å². The summed E-state index contributed by atoms with van der Waals surface area (Å²) >= 11 is 0. The van der Waals surface area contributed by atoms with Gasteiger partial charge in [-0.15, -0.1) is 0 Å². The predicted molar refractivity (Wildman–Crippen MR) is 83.7 cm³/mol. The maximum Gasteiger partial charge on any atom is 0.189 e. The van der Waals surface area contributed by atoms with E-state index in [2.05, 4.69) is 34.7 Å². The average molecular weight is 276 g/mol. The molecular weight excluding hydrogens is 260 g/mol. The summed E-state index contributed by atoms with van der Waals surface area (Å²) in [6.45, 7) is 11.5. The minimum atomic E-state index is 0.605. The molecule has 0 fully saturated rings. The molecule has 4 heteroatoms. The molecule has 0 N–H and O–H groups in total. The first-order valence-corrected chi connectivity index (χ1v) is 6.97. The van der Waals surface area contributed by atoms with Crippen molar-refractivity contribution < 1.29 is 0 Å². The lowest BCUT2D eigenvalue weighted by Crippen LogP contribution is -1.99. The highest BCUT2D eigenvalue weighted by atomic mass is 15.1. The van der Waals surface area contributed by atoms with Gasteiger partial charge in [0.1, 0.15) is 12.1 Å². The molecule has 3 aromatic rings. The summed E-state index contributed by atoms with van der Waals surface area (Å²) in [4.78, 5) is 12.3. The summed E-state index contributed by atoms with van der Waals surface area (Å²) in [5.74, 6) is 1.45. The highest BCUT2D eigenvalue weighted by Crippen LogP contribution is 2.23. The summed E-state index contributed by atoms with van der Waals surface area (Å²) in [5, 5.41) is 0. The molecule has 2 heterocycles. The van der Waals surface area contributed by atoms with Gasteiger partial charge < -0.3 is 0 Å². The quantitative estimate of drug-likeness (QED) is 0.673. The van der Waals surface area contributed by atoms with E-state index in [9.17, 15) is 0 Å². The number of aromatic nitrogens is 3. The molecule has 2 aromatic heterocycles. The standard InChI is InChI=1S/C17H16N4/c1-12(2)8-13-6-7-19-17(9-13)21-11-20-15-5-4-14(18-3)10-16(15)21/h4-7,9-12H,8H2,1-2H3. The lowest BCUT2D eigenvalue weighted by atomic mass is 10.0. The molecule has 3 rings (SSSR count). The van der Waals surface area contributed by atoms with Crippen LogP contribution in [0.25, 0.3) is 21.7 Å². The second-order valence-corrected chi connectivity index (χ2v) is 5.52. The smallest absolute Gasteiger partial charge is 0.189 e. The highest BCUT2D eigenvalue weighted by Gasteiger charge is 2.08. The van der Waals surface area contributed by atoms with Crippen molar-refractivity contribution in [2.75, 3.05) is 0 Å². The molecule has 0 saturated heterocycles. The number of hydrogen-bond donors (Lipinski definition) is 0. The van der Waals surface area contributed by atoms with E-state index in [0.29, 0.717) is 11.6 Å². The van der Waals surface area contributed by atoms with Crippen molar-refractivity contribution in [3.8, 4) is 5.82 Å². The van der Waals surface area contributed by atoms with Crippen molar-refractivity contribution in [1.82, 2.24) is 14.5 Å².